The number of benzene rings is 1. The first-order valence-corrected chi connectivity index (χ1v) is 7.77. The van der Waals surface area contributed by atoms with Crippen molar-refractivity contribution in [3.63, 3.8) is 0 Å². The van der Waals surface area contributed by atoms with Gasteiger partial charge in [0.2, 0.25) is 0 Å². The van der Waals surface area contributed by atoms with Crippen molar-refractivity contribution in [1.82, 2.24) is 15.2 Å². The summed E-state index contributed by atoms with van der Waals surface area (Å²) in [6.07, 6.45) is 3.33. The van der Waals surface area contributed by atoms with Gasteiger partial charge in [0, 0.05) is 49.8 Å². The Morgan fingerprint density at radius 3 is 2.75 bits per heavy atom. The fourth-order valence-electron chi connectivity index (χ4n) is 2.98. The molecule has 0 unspecified atom stereocenters. The second kappa shape index (κ2) is 5.98. The quantitative estimate of drug-likeness (QED) is 0.896. The van der Waals surface area contributed by atoms with E-state index in [2.05, 4.69) is 53.4 Å². The predicted molar refractivity (Wildman–Crippen MR) is 85.4 cm³/mol. The number of aromatic nitrogens is 1. The summed E-state index contributed by atoms with van der Waals surface area (Å²) >= 11 is 0. The number of hydrogen-bond donors (Lipinski definition) is 2. The maximum atomic E-state index is 3.41. The van der Waals surface area contributed by atoms with Crippen molar-refractivity contribution in [3.8, 4) is 0 Å². The lowest BCUT2D eigenvalue weighted by atomic mass is 10.00. The Balaban J connectivity index is 1.75. The number of rotatable bonds is 4. The third kappa shape index (κ3) is 2.89. The molecule has 0 bridgehead atoms. The second-order valence-electron chi connectivity index (χ2n) is 6.12. The third-order valence-corrected chi connectivity index (χ3v) is 4.37. The largest absolute Gasteiger partial charge is 0.361 e. The van der Waals surface area contributed by atoms with Gasteiger partial charge in [-0.1, -0.05) is 19.9 Å². The van der Waals surface area contributed by atoms with E-state index in [9.17, 15) is 0 Å². The lowest BCUT2D eigenvalue weighted by molar-refractivity contribution is 0.244. The van der Waals surface area contributed by atoms with E-state index in [1.54, 1.807) is 0 Å². The van der Waals surface area contributed by atoms with Gasteiger partial charge in [0.25, 0.3) is 0 Å². The standard InChI is InChI=1S/C17H25N3/c1-13(2)14-3-4-17-16(11-14)15(12-19-17)5-8-20-9-6-18-7-10-20/h3-4,11-13,18-19H,5-10H2,1-2H3. The van der Waals surface area contributed by atoms with Crippen LogP contribution in [0.1, 0.15) is 30.9 Å². The highest BCUT2D eigenvalue weighted by atomic mass is 15.2. The first-order valence-electron chi connectivity index (χ1n) is 7.77. The van der Waals surface area contributed by atoms with Crippen LogP contribution in [0.25, 0.3) is 10.9 Å². The van der Waals surface area contributed by atoms with Crippen molar-refractivity contribution < 1.29 is 0 Å². The molecular formula is C17H25N3. The molecule has 0 spiro atoms. The summed E-state index contributed by atoms with van der Waals surface area (Å²) in [4.78, 5) is 5.97. The molecule has 3 nitrogen and oxygen atoms in total. The molecule has 108 valence electrons. The second-order valence-corrected chi connectivity index (χ2v) is 6.12. The molecule has 1 saturated heterocycles. The first-order chi connectivity index (χ1) is 9.74. The van der Waals surface area contributed by atoms with Gasteiger partial charge < -0.3 is 15.2 Å². The van der Waals surface area contributed by atoms with Crippen LogP contribution < -0.4 is 5.32 Å². The molecule has 0 saturated carbocycles. The van der Waals surface area contributed by atoms with Crippen LogP contribution in [0.4, 0.5) is 0 Å². The Bertz CT molecular complexity index is 565. The number of nitrogens with one attached hydrogen (secondary N) is 2. The van der Waals surface area contributed by atoms with Gasteiger partial charge in [-0.2, -0.15) is 0 Å². The van der Waals surface area contributed by atoms with Gasteiger partial charge in [0.1, 0.15) is 0 Å². The van der Waals surface area contributed by atoms with Gasteiger partial charge in [-0.3, -0.25) is 0 Å². The third-order valence-electron chi connectivity index (χ3n) is 4.37. The van der Waals surface area contributed by atoms with Crippen LogP contribution >= 0.6 is 0 Å². The maximum absolute atomic E-state index is 3.41. The van der Waals surface area contributed by atoms with Gasteiger partial charge >= 0.3 is 0 Å². The van der Waals surface area contributed by atoms with E-state index in [1.807, 2.05) is 0 Å². The summed E-state index contributed by atoms with van der Waals surface area (Å²) in [6, 6.07) is 6.83. The Labute approximate surface area is 121 Å². The fourth-order valence-corrected chi connectivity index (χ4v) is 2.98. The molecule has 3 rings (SSSR count). The Hall–Kier alpha value is -1.32. The molecule has 0 amide bonds. The van der Waals surface area contributed by atoms with E-state index in [0.29, 0.717) is 5.92 Å². The molecule has 1 aromatic carbocycles. The molecule has 1 aliphatic rings. The van der Waals surface area contributed by atoms with Crippen molar-refractivity contribution >= 4 is 10.9 Å². The van der Waals surface area contributed by atoms with E-state index in [0.717, 1.165) is 19.5 Å². The molecular weight excluding hydrogens is 246 g/mol. The van der Waals surface area contributed by atoms with Crippen molar-refractivity contribution in [3.05, 3.63) is 35.5 Å². The van der Waals surface area contributed by atoms with Gasteiger partial charge in [-0.05, 0) is 35.6 Å². The predicted octanol–water partition coefficient (Wildman–Crippen LogP) is 2.74. The van der Waals surface area contributed by atoms with Crippen molar-refractivity contribution in [2.45, 2.75) is 26.2 Å². The summed E-state index contributed by atoms with van der Waals surface area (Å²) in [5.74, 6) is 0.593. The normalized spacial score (nSPS) is 17.1. The summed E-state index contributed by atoms with van der Waals surface area (Å²) in [6.45, 7) is 10.3. The molecule has 2 aromatic rings. The van der Waals surface area contributed by atoms with Crippen LogP contribution in [-0.2, 0) is 6.42 Å². The molecule has 0 atom stereocenters. The average Bonchev–Trinajstić information content (AvgIpc) is 2.88. The zero-order valence-corrected chi connectivity index (χ0v) is 12.6. The number of piperazine rings is 1. The minimum atomic E-state index is 0.593. The lowest BCUT2D eigenvalue weighted by Gasteiger charge is -2.26. The topological polar surface area (TPSA) is 31.1 Å². The molecule has 1 aliphatic heterocycles. The molecule has 3 heteroatoms. The van der Waals surface area contributed by atoms with Crippen LogP contribution in [0.2, 0.25) is 0 Å². The van der Waals surface area contributed by atoms with Crippen LogP contribution in [0, 0.1) is 0 Å². The van der Waals surface area contributed by atoms with Crippen LogP contribution in [-0.4, -0.2) is 42.6 Å². The van der Waals surface area contributed by atoms with E-state index in [4.69, 9.17) is 0 Å². The SMILES string of the molecule is CC(C)c1ccc2[nH]cc(CCN3CCNCC3)c2c1. The van der Waals surface area contributed by atoms with E-state index < -0.39 is 0 Å². The number of aromatic amines is 1. The van der Waals surface area contributed by atoms with Crippen LogP contribution in [0.5, 0.6) is 0 Å². The number of fused-ring (bicyclic) bond motifs is 1. The zero-order chi connectivity index (χ0) is 13.9. The monoisotopic (exact) mass is 271 g/mol. The molecule has 0 radical (unpaired) electrons. The van der Waals surface area contributed by atoms with Crippen LogP contribution in [0.15, 0.2) is 24.4 Å². The van der Waals surface area contributed by atoms with E-state index in [1.165, 1.54) is 41.7 Å². The van der Waals surface area contributed by atoms with Gasteiger partial charge in [-0.25, -0.2) is 0 Å². The molecule has 20 heavy (non-hydrogen) atoms. The minimum Gasteiger partial charge on any atom is -0.361 e. The molecule has 2 N–H and O–H groups in total. The van der Waals surface area contributed by atoms with Gasteiger partial charge in [-0.15, -0.1) is 0 Å². The smallest absolute Gasteiger partial charge is 0.0456 e. The number of hydrogen-bond acceptors (Lipinski definition) is 2. The molecule has 1 aromatic heterocycles. The van der Waals surface area contributed by atoms with Crippen molar-refractivity contribution in [1.29, 1.82) is 0 Å². The van der Waals surface area contributed by atoms with Crippen molar-refractivity contribution in [2.24, 2.45) is 0 Å². The Morgan fingerprint density at radius 1 is 1.20 bits per heavy atom. The summed E-state index contributed by atoms with van der Waals surface area (Å²) in [5.41, 5.74) is 4.16. The summed E-state index contributed by atoms with van der Waals surface area (Å²) in [7, 11) is 0. The molecule has 1 fully saturated rings. The number of H-pyrrole nitrogens is 1. The Kier molecular flexibility index (Phi) is 4.08. The first kappa shape index (κ1) is 13.7. The highest BCUT2D eigenvalue weighted by Gasteiger charge is 2.11. The Morgan fingerprint density at radius 2 is 2.00 bits per heavy atom. The maximum Gasteiger partial charge on any atom is 0.0456 e. The number of nitrogens with zero attached hydrogens (tertiary/aromatic N) is 1. The zero-order valence-electron chi connectivity index (χ0n) is 12.6. The molecule has 0 aliphatic carbocycles. The lowest BCUT2D eigenvalue weighted by Crippen LogP contribution is -2.44. The van der Waals surface area contributed by atoms with Gasteiger partial charge in [0.15, 0.2) is 0 Å². The average molecular weight is 271 g/mol. The van der Waals surface area contributed by atoms with Crippen molar-refractivity contribution in [2.75, 3.05) is 32.7 Å². The molecule has 2 heterocycles. The highest BCUT2D eigenvalue weighted by molar-refractivity contribution is 5.84. The van der Waals surface area contributed by atoms with Crippen LogP contribution in [0.3, 0.4) is 0 Å². The summed E-state index contributed by atoms with van der Waals surface area (Å²) < 4.78 is 0. The summed E-state index contributed by atoms with van der Waals surface area (Å²) in [5, 5.41) is 4.82. The fraction of sp³-hybridized carbons (Fsp3) is 0.529. The van der Waals surface area contributed by atoms with E-state index in [-0.39, 0.29) is 0 Å². The van der Waals surface area contributed by atoms with Gasteiger partial charge in [0.05, 0.1) is 0 Å². The minimum absolute atomic E-state index is 0.593. The van der Waals surface area contributed by atoms with E-state index >= 15 is 0 Å². The highest BCUT2D eigenvalue weighted by Crippen LogP contribution is 2.24.